The highest BCUT2D eigenvalue weighted by Gasteiger charge is 2.16. The number of hydrogen-bond donors (Lipinski definition) is 2. The molecule has 0 aromatic rings. The van der Waals surface area contributed by atoms with E-state index >= 15 is 0 Å². The Morgan fingerprint density at radius 2 is 1.79 bits per heavy atom. The second-order valence-corrected chi connectivity index (χ2v) is 6.02. The number of piperidine rings is 1. The number of hydrogen-bond acceptors (Lipinski definition) is 4. The average Bonchev–Trinajstić information content (AvgIpc) is 2.61. The molecule has 0 aromatic carbocycles. The van der Waals surface area contributed by atoms with Crippen molar-refractivity contribution in [1.82, 2.24) is 20.4 Å². The summed E-state index contributed by atoms with van der Waals surface area (Å²) >= 11 is 0. The van der Waals surface area contributed by atoms with Crippen molar-refractivity contribution in [2.24, 2.45) is 4.99 Å². The zero-order chi connectivity index (χ0) is 16.3. The van der Waals surface area contributed by atoms with E-state index in [-0.39, 0.29) is 36.4 Å². The van der Waals surface area contributed by atoms with Crippen LogP contribution in [0.3, 0.4) is 0 Å². The summed E-state index contributed by atoms with van der Waals surface area (Å²) in [5.41, 5.74) is 0. The molecule has 24 heavy (non-hydrogen) atoms. The number of halogens is 1. The quantitative estimate of drug-likeness (QED) is 0.349. The van der Waals surface area contributed by atoms with Crippen molar-refractivity contribution in [3.63, 3.8) is 0 Å². The van der Waals surface area contributed by atoms with Gasteiger partial charge in [0.1, 0.15) is 6.54 Å². The predicted octanol–water partition coefficient (Wildman–Crippen LogP) is 0.504. The second kappa shape index (κ2) is 12.7. The van der Waals surface area contributed by atoms with Crippen LogP contribution in [0, 0.1) is 0 Å². The molecule has 0 spiro atoms. The average molecular weight is 453 g/mol. The van der Waals surface area contributed by atoms with Crippen LogP contribution in [-0.4, -0.2) is 87.2 Å². The van der Waals surface area contributed by atoms with E-state index in [1.54, 1.807) is 0 Å². The van der Waals surface area contributed by atoms with Crippen LogP contribution >= 0.6 is 24.0 Å². The maximum absolute atomic E-state index is 12.2. The van der Waals surface area contributed by atoms with E-state index in [1.807, 2.05) is 11.8 Å². The van der Waals surface area contributed by atoms with E-state index in [1.165, 1.54) is 6.42 Å². The van der Waals surface area contributed by atoms with Gasteiger partial charge in [0.05, 0.1) is 13.2 Å². The Bertz CT molecular complexity index is 383. The molecule has 2 saturated heterocycles. The Morgan fingerprint density at radius 3 is 2.46 bits per heavy atom. The van der Waals surface area contributed by atoms with Crippen molar-refractivity contribution in [3.05, 3.63) is 0 Å². The lowest BCUT2D eigenvalue weighted by molar-refractivity contribution is -0.130. The molecular weight excluding hydrogens is 421 g/mol. The number of nitrogens with one attached hydrogen (secondary N) is 2. The summed E-state index contributed by atoms with van der Waals surface area (Å²) in [5, 5.41) is 6.52. The smallest absolute Gasteiger partial charge is 0.244 e. The minimum absolute atomic E-state index is 0. The normalized spacial score (nSPS) is 19.5. The number of guanidine groups is 1. The lowest BCUT2D eigenvalue weighted by Crippen LogP contribution is -2.45. The number of ether oxygens (including phenoxy) is 1. The van der Waals surface area contributed by atoms with Crippen molar-refractivity contribution < 1.29 is 9.53 Å². The Morgan fingerprint density at radius 1 is 1.08 bits per heavy atom. The van der Waals surface area contributed by atoms with Gasteiger partial charge in [-0.25, -0.2) is 4.99 Å². The summed E-state index contributed by atoms with van der Waals surface area (Å²) in [6.07, 6.45) is 3.47. The molecule has 0 aromatic heterocycles. The number of amides is 1. The highest BCUT2D eigenvalue weighted by Crippen LogP contribution is 2.08. The highest BCUT2D eigenvalue weighted by atomic mass is 127. The minimum Gasteiger partial charge on any atom is -0.379 e. The van der Waals surface area contributed by atoms with Gasteiger partial charge in [0.2, 0.25) is 5.91 Å². The van der Waals surface area contributed by atoms with Crippen LogP contribution in [0.2, 0.25) is 0 Å². The third-order valence-corrected chi connectivity index (χ3v) is 4.25. The lowest BCUT2D eigenvalue weighted by Gasteiger charge is -2.27. The van der Waals surface area contributed by atoms with E-state index in [0.29, 0.717) is 0 Å². The number of carbonyl (C=O) groups is 1. The molecule has 7 nitrogen and oxygen atoms in total. The van der Waals surface area contributed by atoms with Gasteiger partial charge in [0.15, 0.2) is 5.96 Å². The Balaban J connectivity index is 0.00000288. The first-order chi connectivity index (χ1) is 11.3. The number of likely N-dealkylation sites (tertiary alicyclic amines) is 1. The molecular formula is C16H32IN5O2. The molecule has 8 heteroatoms. The maximum atomic E-state index is 12.2. The van der Waals surface area contributed by atoms with Crippen molar-refractivity contribution in [3.8, 4) is 0 Å². The summed E-state index contributed by atoms with van der Waals surface area (Å²) in [4.78, 5) is 20.9. The van der Waals surface area contributed by atoms with Crippen molar-refractivity contribution >= 4 is 35.8 Å². The fraction of sp³-hybridized carbons (Fsp3) is 0.875. The number of aliphatic imine (C=N–C) groups is 1. The van der Waals surface area contributed by atoms with E-state index in [2.05, 4.69) is 20.5 Å². The van der Waals surface area contributed by atoms with Gasteiger partial charge in [-0.2, -0.15) is 0 Å². The number of nitrogens with zero attached hydrogens (tertiary/aromatic N) is 3. The molecule has 0 atom stereocenters. The molecule has 140 valence electrons. The summed E-state index contributed by atoms with van der Waals surface area (Å²) in [5.74, 6) is 0.862. The minimum atomic E-state index is 0. The molecule has 2 heterocycles. The van der Waals surface area contributed by atoms with Gasteiger partial charge in [0.25, 0.3) is 0 Å². The summed E-state index contributed by atoms with van der Waals surface area (Å²) < 4.78 is 5.35. The van der Waals surface area contributed by atoms with Crippen LogP contribution < -0.4 is 10.6 Å². The van der Waals surface area contributed by atoms with Crippen molar-refractivity contribution in [2.75, 3.05) is 65.6 Å². The maximum Gasteiger partial charge on any atom is 0.244 e. The van der Waals surface area contributed by atoms with E-state index < -0.39 is 0 Å². The Labute approximate surface area is 162 Å². The molecule has 2 N–H and O–H groups in total. The highest BCUT2D eigenvalue weighted by molar-refractivity contribution is 14.0. The number of morpholine rings is 1. The fourth-order valence-electron chi connectivity index (χ4n) is 2.89. The predicted molar refractivity (Wildman–Crippen MR) is 107 cm³/mol. The third kappa shape index (κ3) is 7.98. The van der Waals surface area contributed by atoms with E-state index in [0.717, 1.165) is 77.8 Å². The summed E-state index contributed by atoms with van der Waals surface area (Å²) in [6.45, 7) is 10.2. The topological polar surface area (TPSA) is 69.2 Å². The third-order valence-electron chi connectivity index (χ3n) is 4.25. The van der Waals surface area contributed by atoms with Gasteiger partial charge in [-0.05, 0) is 26.2 Å². The van der Waals surface area contributed by atoms with Gasteiger partial charge < -0.3 is 20.3 Å². The van der Waals surface area contributed by atoms with Gasteiger partial charge >= 0.3 is 0 Å². The largest absolute Gasteiger partial charge is 0.379 e. The molecule has 0 bridgehead atoms. The van der Waals surface area contributed by atoms with Crippen LogP contribution in [0.1, 0.15) is 26.2 Å². The van der Waals surface area contributed by atoms with Crippen LogP contribution in [0.25, 0.3) is 0 Å². The first kappa shape index (κ1) is 21.4. The van der Waals surface area contributed by atoms with Gasteiger partial charge in [0, 0.05) is 45.8 Å². The monoisotopic (exact) mass is 453 g/mol. The van der Waals surface area contributed by atoms with Crippen LogP contribution in [0.15, 0.2) is 4.99 Å². The molecule has 1 amide bonds. The molecule has 0 aliphatic carbocycles. The standard InChI is InChI=1S/C16H31N5O2.HI/c1-2-17-16(18-6-9-20-10-12-23-13-11-20)19-14-15(22)21-7-4-3-5-8-21;/h2-14H2,1H3,(H2,17,18,19);1H. The van der Waals surface area contributed by atoms with Gasteiger partial charge in [-0.15, -0.1) is 24.0 Å². The Hall–Kier alpha value is -0.610. The summed E-state index contributed by atoms with van der Waals surface area (Å²) in [7, 11) is 0. The van der Waals surface area contributed by atoms with Gasteiger partial charge in [-0.3, -0.25) is 9.69 Å². The molecule has 2 aliphatic heterocycles. The first-order valence-corrected chi connectivity index (χ1v) is 8.89. The lowest BCUT2D eigenvalue weighted by atomic mass is 10.1. The molecule has 2 fully saturated rings. The molecule has 0 radical (unpaired) electrons. The molecule has 2 aliphatic rings. The second-order valence-electron chi connectivity index (χ2n) is 6.02. The SMILES string of the molecule is CCNC(=NCC(=O)N1CCCCC1)NCCN1CCOCC1.I. The Kier molecular flexibility index (Phi) is 11.4. The van der Waals surface area contributed by atoms with Gasteiger partial charge in [-0.1, -0.05) is 0 Å². The summed E-state index contributed by atoms with van der Waals surface area (Å²) in [6, 6.07) is 0. The number of carbonyl (C=O) groups excluding carboxylic acids is 1. The first-order valence-electron chi connectivity index (χ1n) is 8.89. The number of rotatable bonds is 6. The fourth-order valence-corrected chi connectivity index (χ4v) is 2.89. The van der Waals surface area contributed by atoms with E-state index in [4.69, 9.17) is 4.74 Å². The molecule has 0 saturated carbocycles. The van der Waals surface area contributed by atoms with E-state index in [9.17, 15) is 4.79 Å². The van der Waals surface area contributed by atoms with Crippen molar-refractivity contribution in [1.29, 1.82) is 0 Å². The van der Waals surface area contributed by atoms with Crippen molar-refractivity contribution in [2.45, 2.75) is 26.2 Å². The van der Waals surface area contributed by atoms with Crippen LogP contribution in [-0.2, 0) is 9.53 Å². The zero-order valence-corrected chi connectivity index (χ0v) is 17.1. The molecule has 2 rings (SSSR count). The zero-order valence-electron chi connectivity index (χ0n) is 14.8. The van der Waals surface area contributed by atoms with Crippen LogP contribution in [0.4, 0.5) is 0 Å². The molecule has 0 unspecified atom stereocenters. The van der Waals surface area contributed by atoms with Crippen LogP contribution in [0.5, 0.6) is 0 Å².